The summed E-state index contributed by atoms with van der Waals surface area (Å²) in [5.74, 6) is 0. The fourth-order valence-electron chi connectivity index (χ4n) is 2.44. The van der Waals surface area contributed by atoms with Crippen LogP contribution in [0.25, 0.3) is 0 Å². The van der Waals surface area contributed by atoms with Crippen molar-refractivity contribution in [2.75, 3.05) is 26.7 Å². The Morgan fingerprint density at radius 2 is 2.18 bits per heavy atom. The van der Waals surface area contributed by atoms with Gasteiger partial charge in [0.2, 0.25) is 0 Å². The SMILES string of the molecule is CCN1CCC(n2cc(C(C)NC)cn2)CC1. The molecule has 0 radical (unpaired) electrons. The van der Waals surface area contributed by atoms with Crippen molar-refractivity contribution in [1.82, 2.24) is 20.0 Å². The number of nitrogens with zero attached hydrogens (tertiary/aromatic N) is 3. The Balaban J connectivity index is 1.97. The minimum atomic E-state index is 0.388. The fraction of sp³-hybridized carbons (Fsp3) is 0.769. The van der Waals surface area contributed by atoms with Crippen molar-refractivity contribution in [1.29, 1.82) is 0 Å². The molecule has 1 atom stereocenters. The third-order valence-corrected chi connectivity index (χ3v) is 3.93. The van der Waals surface area contributed by atoms with E-state index in [1.165, 1.54) is 38.0 Å². The summed E-state index contributed by atoms with van der Waals surface area (Å²) >= 11 is 0. The minimum Gasteiger partial charge on any atom is -0.313 e. The average molecular weight is 236 g/mol. The first-order chi connectivity index (χ1) is 8.24. The van der Waals surface area contributed by atoms with E-state index in [9.17, 15) is 0 Å². The largest absolute Gasteiger partial charge is 0.313 e. The van der Waals surface area contributed by atoms with Gasteiger partial charge in [-0.25, -0.2) is 0 Å². The van der Waals surface area contributed by atoms with Gasteiger partial charge in [-0.1, -0.05) is 6.92 Å². The lowest BCUT2D eigenvalue weighted by molar-refractivity contribution is 0.187. The van der Waals surface area contributed by atoms with Gasteiger partial charge in [-0.2, -0.15) is 5.10 Å². The molecule has 17 heavy (non-hydrogen) atoms. The Labute approximate surface area is 104 Å². The van der Waals surface area contributed by atoms with Crippen molar-refractivity contribution >= 4 is 0 Å². The zero-order valence-electron chi connectivity index (χ0n) is 11.2. The van der Waals surface area contributed by atoms with Crippen LogP contribution in [0.5, 0.6) is 0 Å². The third-order valence-electron chi connectivity index (χ3n) is 3.93. The van der Waals surface area contributed by atoms with Crippen molar-refractivity contribution in [3.05, 3.63) is 18.0 Å². The van der Waals surface area contributed by atoms with Crippen LogP contribution in [0.1, 0.15) is 44.3 Å². The van der Waals surface area contributed by atoms with E-state index in [0.717, 1.165) is 0 Å². The first-order valence-electron chi connectivity index (χ1n) is 6.68. The normalized spacial score (nSPS) is 20.6. The van der Waals surface area contributed by atoms with Crippen LogP contribution in [0.15, 0.2) is 12.4 Å². The second kappa shape index (κ2) is 5.65. The maximum Gasteiger partial charge on any atom is 0.0543 e. The van der Waals surface area contributed by atoms with Gasteiger partial charge in [0.25, 0.3) is 0 Å². The zero-order chi connectivity index (χ0) is 12.3. The number of rotatable bonds is 4. The molecule has 96 valence electrons. The van der Waals surface area contributed by atoms with Crippen molar-refractivity contribution in [3.8, 4) is 0 Å². The highest BCUT2D eigenvalue weighted by atomic mass is 15.3. The maximum atomic E-state index is 4.52. The lowest BCUT2D eigenvalue weighted by atomic mass is 10.1. The Morgan fingerprint density at radius 3 is 2.76 bits per heavy atom. The molecule has 1 aromatic heterocycles. The number of hydrogen-bond donors (Lipinski definition) is 1. The molecule has 0 aromatic carbocycles. The van der Waals surface area contributed by atoms with E-state index in [4.69, 9.17) is 0 Å². The smallest absolute Gasteiger partial charge is 0.0543 e. The van der Waals surface area contributed by atoms with Gasteiger partial charge in [0, 0.05) is 30.9 Å². The first-order valence-corrected chi connectivity index (χ1v) is 6.68. The van der Waals surface area contributed by atoms with E-state index < -0.39 is 0 Å². The van der Waals surface area contributed by atoms with E-state index >= 15 is 0 Å². The standard InChI is InChI=1S/C13H24N4/c1-4-16-7-5-13(6-8-16)17-10-12(9-15-17)11(2)14-3/h9-11,13-14H,4-8H2,1-3H3. The van der Waals surface area contributed by atoms with Crippen LogP contribution in [0.3, 0.4) is 0 Å². The number of likely N-dealkylation sites (tertiary alicyclic amines) is 1. The van der Waals surface area contributed by atoms with Crippen LogP contribution in [-0.4, -0.2) is 41.4 Å². The van der Waals surface area contributed by atoms with Crippen LogP contribution in [0, 0.1) is 0 Å². The molecule has 1 saturated heterocycles. The van der Waals surface area contributed by atoms with Crippen molar-refractivity contribution < 1.29 is 0 Å². The van der Waals surface area contributed by atoms with E-state index in [-0.39, 0.29) is 0 Å². The van der Waals surface area contributed by atoms with Gasteiger partial charge in [-0.05, 0) is 33.4 Å². The molecule has 0 saturated carbocycles. The number of aromatic nitrogens is 2. The average Bonchev–Trinajstić information content (AvgIpc) is 2.87. The van der Waals surface area contributed by atoms with Gasteiger partial charge in [0.1, 0.15) is 0 Å². The monoisotopic (exact) mass is 236 g/mol. The molecule has 2 heterocycles. The lowest BCUT2D eigenvalue weighted by Crippen LogP contribution is -2.34. The van der Waals surface area contributed by atoms with Gasteiger partial charge in [0.05, 0.1) is 12.2 Å². The Hall–Kier alpha value is -0.870. The van der Waals surface area contributed by atoms with E-state index in [1.54, 1.807) is 0 Å². The highest BCUT2D eigenvalue weighted by Crippen LogP contribution is 2.23. The number of piperidine rings is 1. The molecule has 4 heteroatoms. The van der Waals surface area contributed by atoms with Gasteiger partial charge in [0.15, 0.2) is 0 Å². The summed E-state index contributed by atoms with van der Waals surface area (Å²) in [5.41, 5.74) is 1.28. The van der Waals surface area contributed by atoms with Gasteiger partial charge < -0.3 is 10.2 Å². The van der Waals surface area contributed by atoms with E-state index in [2.05, 4.69) is 40.0 Å². The van der Waals surface area contributed by atoms with Crippen LogP contribution >= 0.6 is 0 Å². The van der Waals surface area contributed by atoms with Crippen LogP contribution in [-0.2, 0) is 0 Å². The van der Waals surface area contributed by atoms with Crippen molar-refractivity contribution in [3.63, 3.8) is 0 Å². The van der Waals surface area contributed by atoms with Crippen LogP contribution in [0.2, 0.25) is 0 Å². The van der Waals surface area contributed by atoms with Gasteiger partial charge >= 0.3 is 0 Å². The molecule has 1 fully saturated rings. The Kier molecular flexibility index (Phi) is 4.18. The third kappa shape index (κ3) is 2.87. The quantitative estimate of drug-likeness (QED) is 0.865. The van der Waals surface area contributed by atoms with Crippen LogP contribution in [0.4, 0.5) is 0 Å². The number of hydrogen-bond acceptors (Lipinski definition) is 3. The zero-order valence-corrected chi connectivity index (χ0v) is 11.2. The van der Waals surface area contributed by atoms with Gasteiger partial charge in [-0.15, -0.1) is 0 Å². The molecule has 0 aliphatic carbocycles. The highest BCUT2D eigenvalue weighted by Gasteiger charge is 2.20. The molecular weight excluding hydrogens is 212 g/mol. The molecule has 1 N–H and O–H groups in total. The lowest BCUT2D eigenvalue weighted by Gasteiger charge is -2.31. The summed E-state index contributed by atoms with van der Waals surface area (Å²) < 4.78 is 2.16. The predicted molar refractivity (Wildman–Crippen MR) is 70.1 cm³/mol. The van der Waals surface area contributed by atoms with Crippen molar-refractivity contribution in [2.24, 2.45) is 0 Å². The Bertz CT molecular complexity index is 339. The molecule has 1 aliphatic heterocycles. The molecule has 0 spiro atoms. The molecule has 1 aromatic rings. The van der Waals surface area contributed by atoms with E-state index in [0.29, 0.717) is 12.1 Å². The molecular formula is C13H24N4. The topological polar surface area (TPSA) is 33.1 Å². The second-order valence-corrected chi connectivity index (χ2v) is 4.93. The highest BCUT2D eigenvalue weighted by molar-refractivity contribution is 5.09. The molecule has 0 bridgehead atoms. The summed E-state index contributed by atoms with van der Waals surface area (Å²) in [5, 5.41) is 7.77. The summed E-state index contributed by atoms with van der Waals surface area (Å²) in [6, 6.07) is 0.982. The molecule has 0 amide bonds. The van der Waals surface area contributed by atoms with Crippen molar-refractivity contribution in [2.45, 2.75) is 38.8 Å². The molecule has 2 rings (SSSR count). The maximum absolute atomic E-state index is 4.52. The second-order valence-electron chi connectivity index (χ2n) is 4.93. The minimum absolute atomic E-state index is 0.388. The summed E-state index contributed by atoms with van der Waals surface area (Å²) in [6.07, 6.45) is 6.65. The molecule has 4 nitrogen and oxygen atoms in total. The fourth-order valence-corrected chi connectivity index (χ4v) is 2.44. The summed E-state index contributed by atoms with van der Waals surface area (Å²) in [6.45, 7) is 7.99. The summed E-state index contributed by atoms with van der Waals surface area (Å²) in [7, 11) is 1.99. The van der Waals surface area contributed by atoms with Crippen LogP contribution < -0.4 is 5.32 Å². The molecule has 1 aliphatic rings. The van der Waals surface area contributed by atoms with Gasteiger partial charge in [-0.3, -0.25) is 4.68 Å². The summed E-state index contributed by atoms with van der Waals surface area (Å²) in [4.78, 5) is 2.51. The molecule has 1 unspecified atom stereocenters. The van der Waals surface area contributed by atoms with E-state index in [1.807, 2.05) is 13.2 Å². The predicted octanol–water partition coefficient (Wildman–Crippen LogP) is 1.82. The number of nitrogens with one attached hydrogen (secondary N) is 1. The first kappa shape index (κ1) is 12.6. The Morgan fingerprint density at radius 1 is 1.47 bits per heavy atom.